The maximum Gasteiger partial charge on any atom is 0.319 e. The van der Waals surface area contributed by atoms with E-state index in [1.165, 1.54) is 30.5 Å². The minimum absolute atomic E-state index is 0.0236. The lowest BCUT2D eigenvalue weighted by atomic mass is 9.75. The number of aromatic hydroxyl groups is 1. The minimum Gasteiger partial charge on any atom is -0.508 e. The second-order valence-electron chi connectivity index (χ2n) is 13.8. The van der Waals surface area contributed by atoms with Gasteiger partial charge in [0.25, 0.3) is 0 Å². The first-order valence-electron chi connectivity index (χ1n) is 17.6. The van der Waals surface area contributed by atoms with Crippen molar-refractivity contribution in [3.8, 4) is 35.4 Å². The Balaban J connectivity index is 1.18. The molecule has 50 heavy (non-hydrogen) atoms. The maximum absolute atomic E-state index is 16.9. The summed E-state index contributed by atoms with van der Waals surface area (Å²) in [6.07, 6.45) is 13.4. The van der Waals surface area contributed by atoms with Crippen LogP contribution in [0.25, 0.3) is 32.9 Å². The van der Waals surface area contributed by atoms with Gasteiger partial charge in [-0.05, 0) is 62.2 Å². The van der Waals surface area contributed by atoms with Crippen molar-refractivity contribution in [1.82, 2.24) is 19.9 Å². The lowest BCUT2D eigenvalue weighted by Crippen LogP contribution is -2.54. The van der Waals surface area contributed by atoms with E-state index in [2.05, 4.69) is 25.7 Å². The van der Waals surface area contributed by atoms with Gasteiger partial charge in [-0.2, -0.15) is 9.97 Å². The zero-order valence-electron chi connectivity index (χ0n) is 28.0. The number of fused-ring (bicyclic) bond motifs is 3. The SMILES string of the molecule is C#Cc1c(F)ccc2cc(O)cc(-c3ncc4c(N5CCCOCC5)nc(OCC56CCCC5N(CC5COCCO5)CCC6)nc4c3F)c12. The molecule has 262 valence electrons. The number of aromatic nitrogens is 3. The first-order chi connectivity index (χ1) is 24.4. The van der Waals surface area contributed by atoms with E-state index >= 15 is 4.39 Å². The van der Waals surface area contributed by atoms with Gasteiger partial charge in [0.2, 0.25) is 0 Å². The predicted molar refractivity (Wildman–Crippen MR) is 184 cm³/mol. The number of ether oxygens (including phenoxy) is 4. The summed E-state index contributed by atoms with van der Waals surface area (Å²) in [6, 6.07) is 5.97. The fourth-order valence-corrected chi connectivity index (χ4v) is 8.57. The molecule has 1 aliphatic carbocycles. The first-order valence-corrected chi connectivity index (χ1v) is 17.6. The van der Waals surface area contributed by atoms with Crippen LogP contribution in [0.1, 0.15) is 44.1 Å². The molecule has 3 unspecified atom stereocenters. The van der Waals surface area contributed by atoms with Crippen LogP contribution in [-0.4, -0.2) is 103 Å². The predicted octanol–water partition coefficient (Wildman–Crippen LogP) is 5.47. The van der Waals surface area contributed by atoms with E-state index in [0.29, 0.717) is 75.4 Å². The van der Waals surface area contributed by atoms with Crippen molar-refractivity contribution in [2.24, 2.45) is 5.41 Å². The number of terminal acetylenes is 1. The molecule has 2 aromatic heterocycles. The number of piperidine rings is 1. The Morgan fingerprint density at radius 3 is 2.78 bits per heavy atom. The summed E-state index contributed by atoms with van der Waals surface area (Å²) in [5, 5.41) is 11.8. The third kappa shape index (κ3) is 6.10. The normalized spacial score (nSPS) is 24.6. The molecular formula is C38H41F2N5O5. The number of phenols is 1. The van der Waals surface area contributed by atoms with Gasteiger partial charge in [0, 0.05) is 54.8 Å². The van der Waals surface area contributed by atoms with E-state index in [1.54, 1.807) is 0 Å². The largest absolute Gasteiger partial charge is 0.508 e. The van der Waals surface area contributed by atoms with Gasteiger partial charge in [0.15, 0.2) is 5.82 Å². The minimum atomic E-state index is -0.739. The molecule has 0 bridgehead atoms. The number of halogens is 2. The second-order valence-corrected chi connectivity index (χ2v) is 13.8. The molecule has 10 nitrogen and oxygen atoms in total. The average molecular weight is 686 g/mol. The number of hydrogen-bond acceptors (Lipinski definition) is 10. The van der Waals surface area contributed by atoms with E-state index in [-0.39, 0.29) is 51.0 Å². The number of pyridine rings is 1. The highest BCUT2D eigenvalue weighted by atomic mass is 19.1. The molecule has 3 saturated heterocycles. The Labute approximate surface area is 289 Å². The molecule has 5 heterocycles. The Morgan fingerprint density at radius 1 is 1.02 bits per heavy atom. The van der Waals surface area contributed by atoms with E-state index < -0.39 is 11.6 Å². The van der Waals surface area contributed by atoms with Crippen molar-refractivity contribution in [3.05, 3.63) is 47.7 Å². The molecule has 2 aromatic carbocycles. The first kappa shape index (κ1) is 33.0. The Hall–Kier alpha value is -4.15. The van der Waals surface area contributed by atoms with Crippen molar-refractivity contribution >= 4 is 27.5 Å². The summed E-state index contributed by atoms with van der Waals surface area (Å²) >= 11 is 0. The maximum atomic E-state index is 16.9. The molecule has 1 N–H and O–H groups in total. The molecule has 0 radical (unpaired) electrons. The number of nitrogens with zero attached hydrogens (tertiary/aromatic N) is 5. The van der Waals surface area contributed by atoms with Crippen LogP contribution in [-0.2, 0) is 14.2 Å². The van der Waals surface area contributed by atoms with E-state index in [1.807, 2.05) is 0 Å². The molecule has 3 aliphatic heterocycles. The van der Waals surface area contributed by atoms with Crippen molar-refractivity contribution < 1.29 is 32.8 Å². The average Bonchev–Trinajstić information content (AvgIpc) is 3.38. The fraction of sp³-hybridized carbons (Fsp3) is 0.500. The lowest BCUT2D eigenvalue weighted by Gasteiger charge is -2.47. The van der Waals surface area contributed by atoms with Gasteiger partial charge >= 0.3 is 6.01 Å². The third-order valence-corrected chi connectivity index (χ3v) is 10.8. The number of hydrogen-bond donors (Lipinski definition) is 1. The number of anilines is 1. The Morgan fingerprint density at radius 2 is 1.92 bits per heavy atom. The van der Waals surface area contributed by atoms with Gasteiger partial charge < -0.3 is 29.0 Å². The highest BCUT2D eigenvalue weighted by Gasteiger charge is 2.49. The van der Waals surface area contributed by atoms with Crippen LogP contribution >= 0.6 is 0 Å². The summed E-state index contributed by atoms with van der Waals surface area (Å²) in [5.41, 5.74) is -0.0387. The van der Waals surface area contributed by atoms with E-state index in [4.69, 9.17) is 30.4 Å². The number of rotatable bonds is 7. The van der Waals surface area contributed by atoms with Gasteiger partial charge in [-0.1, -0.05) is 18.4 Å². The standard InChI is InChI=1S/C38H41F2N5O5/c1-2-27-30(39)8-7-24-18-25(46)19-28(32(24)27)34-33(40)35-29(20-41-34)36(44-12-5-14-47-15-13-44)43-37(42-35)50-23-38-9-3-6-31(38)45(11-4-10-38)21-26-22-48-16-17-49-26/h1,7-8,18-20,26,31,46H,3-6,9-17,21-23H2. The van der Waals surface area contributed by atoms with Crippen LogP contribution < -0.4 is 9.64 Å². The summed E-state index contributed by atoms with van der Waals surface area (Å²) in [7, 11) is 0. The van der Waals surface area contributed by atoms with Crippen LogP contribution in [0.4, 0.5) is 14.6 Å². The summed E-state index contributed by atoms with van der Waals surface area (Å²) in [5.74, 6) is 1.42. The van der Waals surface area contributed by atoms with Crippen LogP contribution in [0, 0.1) is 29.4 Å². The monoisotopic (exact) mass is 685 g/mol. The quantitative estimate of drug-likeness (QED) is 0.252. The van der Waals surface area contributed by atoms with Gasteiger partial charge in [-0.3, -0.25) is 9.88 Å². The Kier molecular flexibility index (Phi) is 9.16. The van der Waals surface area contributed by atoms with Crippen molar-refractivity contribution in [1.29, 1.82) is 0 Å². The molecule has 1 saturated carbocycles. The molecule has 4 fully saturated rings. The molecule has 0 amide bonds. The smallest absolute Gasteiger partial charge is 0.319 e. The van der Waals surface area contributed by atoms with Gasteiger partial charge in [-0.15, -0.1) is 6.42 Å². The second kappa shape index (κ2) is 13.9. The fourth-order valence-electron chi connectivity index (χ4n) is 8.57. The van der Waals surface area contributed by atoms with Gasteiger partial charge in [0.05, 0.1) is 50.1 Å². The van der Waals surface area contributed by atoms with Crippen LogP contribution in [0.5, 0.6) is 11.8 Å². The molecule has 12 heteroatoms. The number of benzene rings is 2. The van der Waals surface area contributed by atoms with Crippen molar-refractivity contribution in [3.63, 3.8) is 0 Å². The zero-order chi connectivity index (χ0) is 34.2. The van der Waals surface area contributed by atoms with E-state index in [9.17, 15) is 9.50 Å². The van der Waals surface area contributed by atoms with Crippen LogP contribution in [0.3, 0.4) is 0 Å². The topological polar surface area (TPSA) is 102 Å². The molecule has 0 spiro atoms. The highest BCUT2D eigenvalue weighted by molar-refractivity contribution is 6.03. The molecule has 4 aliphatic rings. The van der Waals surface area contributed by atoms with Crippen LogP contribution in [0.15, 0.2) is 30.5 Å². The highest BCUT2D eigenvalue weighted by Crippen LogP contribution is 2.48. The summed E-state index contributed by atoms with van der Waals surface area (Å²) in [6.45, 7) is 6.47. The van der Waals surface area contributed by atoms with Gasteiger partial charge in [-0.25, -0.2) is 8.78 Å². The van der Waals surface area contributed by atoms with Crippen LogP contribution in [0.2, 0.25) is 0 Å². The lowest BCUT2D eigenvalue weighted by molar-refractivity contribution is -0.111. The van der Waals surface area contributed by atoms with Crippen molar-refractivity contribution in [2.75, 3.05) is 70.7 Å². The number of phenolic OH excluding ortho intramolecular Hbond substituents is 1. The summed E-state index contributed by atoms with van der Waals surface area (Å²) in [4.78, 5) is 18.7. The molecule has 8 rings (SSSR count). The van der Waals surface area contributed by atoms with Crippen molar-refractivity contribution in [2.45, 2.75) is 50.7 Å². The third-order valence-electron chi connectivity index (χ3n) is 10.8. The molecular weight excluding hydrogens is 644 g/mol. The van der Waals surface area contributed by atoms with Gasteiger partial charge in [0.1, 0.15) is 28.6 Å². The summed E-state index contributed by atoms with van der Waals surface area (Å²) < 4.78 is 55.8. The Bertz CT molecular complexity index is 1940. The number of likely N-dealkylation sites (tertiary alicyclic amines) is 1. The van der Waals surface area contributed by atoms with E-state index in [0.717, 1.165) is 51.6 Å². The molecule has 4 aromatic rings. The molecule has 3 atom stereocenters. The zero-order valence-corrected chi connectivity index (χ0v) is 28.0.